The standard InChI is InChI=1S/C17H14N2O2/c1-14(15-8-4-2-5-9-15)17(18-12-20,19-13-21)16-10-6-3-7-11-16/h2-11,14H,1H3. The number of hydrogen-bond donors (Lipinski definition) is 0. The molecule has 0 N–H and O–H groups in total. The molecule has 0 amide bonds. The van der Waals surface area contributed by atoms with Crippen molar-refractivity contribution >= 4 is 12.2 Å². The largest absolute Gasteiger partial charge is 0.237 e. The van der Waals surface area contributed by atoms with Crippen LogP contribution in [0, 0.1) is 0 Å². The Morgan fingerprint density at radius 1 is 0.857 bits per heavy atom. The van der Waals surface area contributed by atoms with Gasteiger partial charge in [-0.1, -0.05) is 67.6 Å². The first-order valence-corrected chi connectivity index (χ1v) is 6.53. The fraction of sp³-hybridized carbons (Fsp3) is 0.176. The third-order valence-electron chi connectivity index (χ3n) is 3.53. The van der Waals surface area contributed by atoms with Crippen LogP contribution in [0.15, 0.2) is 70.6 Å². The number of rotatable bonds is 5. The number of nitrogens with zero attached hydrogens (tertiary/aromatic N) is 2. The highest BCUT2D eigenvalue weighted by atomic mass is 16.1. The van der Waals surface area contributed by atoms with Crippen molar-refractivity contribution < 1.29 is 9.59 Å². The van der Waals surface area contributed by atoms with Crippen LogP contribution in [0.3, 0.4) is 0 Å². The normalized spacial score (nSPS) is 14.1. The topological polar surface area (TPSA) is 58.9 Å². The Labute approximate surface area is 122 Å². The van der Waals surface area contributed by atoms with E-state index < -0.39 is 5.66 Å². The van der Waals surface area contributed by atoms with Crippen molar-refractivity contribution in [1.82, 2.24) is 0 Å². The monoisotopic (exact) mass is 278 g/mol. The molecule has 0 saturated heterocycles. The van der Waals surface area contributed by atoms with Crippen LogP contribution in [0.2, 0.25) is 0 Å². The number of isocyanates is 2. The van der Waals surface area contributed by atoms with Gasteiger partial charge in [0.1, 0.15) is 0 Å². The Bertz CT molecular complexity index is 667. The summed E-state index contributed by atoms with van der Waals surface area (Å²) in [7, 11) is 0. The molecule has 1 unspecified atom stereocenters. The maximum atomic E-state index is 10.9. The minimum absolute atomic E-state index is 0.316. The van der Waals surface area contributed by atoms with Crippen molar-refractivity contribution in [2.75, 3.05) is 0 Å². The average Bonchev–Trinajstić information content (AvgIpc) is 2.55. The number of aliphatic imine (C=N–C) groups is 2. The molecule has 0 aromatic heterocycles. The second kappa shape index (κ2) is 6.58. The Kier molecular flexibility index (Phi) is 4.57. The van der Waals surface area contributed by atoms with Gasteiger partial charge in [0.05, 0.1) is 0 Å². The van der Waals surface area contributed by atoms with Crippen LogP contribution in [0.1, 0.15) is 24.0 Å². The molecule has 2 aromatic rings. The molecule has 0 aliphatic rings. The fourth-order valence-corrected chi connectivity index (χ4v) is 2.39. The summed E-state index contributed by atoms with van der Waals surface area (Å²) in [5.41, 5.74) is 0.221. The summed E-state index contributed by atoms with van der Waals surface area (Å²) in [6.45, 7) is 1.87. The number of carbonyl (C=O) groups excluding carboxylic acids is 2. The minimum Gasteiger partial charge on any atom is -0.211 e. The van der Waals surface area contributed by atoms with Gasteiger partial charge in [0.15, 0.2) is 0 Å². The molecule has 104 valence electrons. The molecule has 0 heterocycles. The van der Waals surface area contributed by atoms with Crippen LogP contribution in [0.5, 0.6) is 0 Å². The molecule has 2 rings (SSSR count). The first-order valence-electron chi connectivity index (χ1n) is 6.53. The van der Waals surface area contributed by atoms with Gasteiger partial charge in [-0.15, -0.1) is 0 Å². The van der Waals surface area contributed by atoms with Crippen LogP contribution in [-0.2, 0) is 15.3 Å². The van der Waals surface area contributed by atoms with Gasteiger partial charge < -0.3 is 0 Å². The van der Waals surface area contributed by atoms with E-state index >= 15 is 0 Å². The van der Waals surface area contributed by atoms with Gasteiger partial charge in [0, 0.05) is 11.5 Å². The highest BCUT2D eigenvalue weighted by Crippen LogP contribution is 2.41. The average molecular weight is 278 g/mol. The minimum atomic E-state index is -1.34. The lowest BCUT2D eigenvalue weighted by Crippen LogP contribution is -2.28. The summed E-state index contributed by atoms with van der Waals surface area (Å²) in [6, 6.07) is 18.5. The Morgan fingerprint density at radius 3 is 1.81 bits per heavy atom. The molecule has 4 heteroatoms. The molecule has 0 radical (unpaired) electrons. The first kappa shape index (κ1) is 14.6. The maximum Gasteiger partial charge on any atom is 0.237 e. The van der Waals surface area contributed by atoms with Gasteiger partial charge in [-0.3, -0.25) is 0 Å². The van der Waals surface area contributed by atoms with Crippen molar-refractivity contribution in [3.05, 3.63) is 71.8 Å². The van der Waals surface area contributed by atoms with Gasteiger partial charge in [-0.05, 0) is 5.56 Å². The van der Waals surface area contributed by atoms with Crippen LogP contribution in [0.25, 0.3) is 0 Å². The van der Waals surface area contributed by atoms with Crippen LogP contribution < -0.4 is 0 Å². The summed E-state index contributed by atoms with van der Waals surface area (Å²) in [5.74, 6) is -0.316. The van der Waals surface area contributed by atoms with Crippen molar-refractivity contribution in [1.29, 1.82) is 0 Å². The van der Waals surface area contributed by atoms with Gasteiger partial charge in [-0.2, -0.15) is 9.98 Å². The van der Waals surface area contributed by atoms with E-state index in [-0.39, 0.29) is 5.92 Å². The lowest BCUT2D eigenvalue weighted by molar-refractivity contribution is 0.386. The second-order valence-corrected chi connectivity index (χ2v) is 4.63. The predicted octanol–water partition coefficient (Wildman–Crippen LogP) is 3.31. The quantitative estimate of drug-likeness (QED) is 0.622. The van der Waals surface area contributed by atoms with E-state index in [1.807, 2.05) is 55.5 Å². The smallest absolute Gasteiger partial charge is 0.211 e. The van der Waals surface area contributed by atoms with Gasteiger partial charge >= 0.3 is 0 Å². The van der Waals surface area contributed by atoms with Crippen molar-refractivity contribution in [2.24, 2.45) is 9.98 Å². The fourth-order valence-electron chi connectivity index (χ4n) is 2.39. The van der Waals surface area contributed by atoms with Crippen molar-refractivity contribution in [2.45, 2.75) is 18.5 Å². The van der Waals surface area contributed by atoms with E-state index in [1.165, 1.54) is 0 Å². The van der Waals surface area contributed by atoms with Crippen LogP contribution in [-0.4, -0.2) is 12.2 Å². The molecule has 0 fully saturated rings. The Hall–Kier alpha value is -2.80. The van der Waals surface area contributed by atoms with E-state index in [9.17, 15) is 9.59 Å². The Morgan fingerprint density at radius 2 is 1.33 bits per heavy atom. The molecular formula is C17H14N2O2. The zero-order valence-corrected chi connectivity index (χ0v) is 11.6. The highest BCUT2D eigenvalue weighted by Gasteiger charge is 2.39. The summed E-state index contributed by atoms with van der Waals surface area (Å²) in [6.07, 6.45) is 3.09. The van der Waals surface area contributed by atoms with E-state index in [4.69, 9.17) is 0 Å². The van der Waals surface area contributed by atoms with Crippen LogP contribution in [0.4, 0.5) is 0 Å². The first-order chi connectivity index (χ1) is 10.2. The zero-order chi connectivity index (χ0) is 15.1. The maximum absolute atomic E-state index is 10.9. The number of benzene rings is 2. The molecule has 0 aliphatic heterocycles. The van der Waals surface area contributed by atoms with Crippen molar-refractivity contribution in [3.8, 4) is 0 Å². The molecule has 0 bridgehead atoms. The second-order valence-electron chi connectivity index (χ2n) is 4.63. The van der Waals surface area contributed by atoms with E-state index in [0.29, 0.717) is 5.56 Å². The molecule has 1 atom stereocenters. The van der Waals surface area contributed by atoms with Gasteiger partial charge in [0.25, 0.3) is 0 Å². The SMILES string of the molecule is CC(c1ccccc1)C(N=C=O)(N=C=O)c1ccccc1. The zero-order valence-electron chi connectivity index (χ0n) is 11.6. The van der Waals surface area contributed by atoms with E-state index in [2.05, 4.69) is 9.98 Å². The highest BCUT2D eigenvalue weighted by molar-refractivity contribution is 5.45. The summed E-state index contributed by atoms with van der Waals surface area (Å²) in [4.78, 5) is 29.6. The molecule has 0 saturated carbocycles. The third kappa shape index (κ3) is 2.87. The van der Waals surface area contributed by atoms with Crippen molar-refractivity contribution in [3.63, 3.8) is 0 Å². The van der Waals surface area contributed by atoms with Gasteiger partial charge in [-0.25, -0.2) is 9.59 Å². The lowest BCUT2D eigenvalue weighted by atomic mass is 9.83. The Balaban J connectivity index is 2.66. The summed E-state index contributed by atoms with van der Waals surface area (Å²) in [5, 5.41) is 0. The molecule has 21 heavy (non-hydrogen) atoms. The van der Waals surface area contributed by atoms with Crippen LogP contribution >= 0.6 is 0 Å². The summed E-state index contributed by atoms with van der Waals surface area (Å²) < 4.78 is 0. The number of hydrogen-bond acceptors (Lipinski definition) is 4. The van der Waals surface area contributed by atoms with Gasteiger partial charge in [0.2, 0.25) is 17.8 Å². The van der Waals surface area contributed by atoms with E-state index in [1.54, 1.807) is 24.3 Å². The predicted molar refractivity (Wildman–Crippen MR) is 79.2 cm³/mol. The third-order valence-corrected chi connectivity index (χ3v) is 3.53. The van der Waals surface area contributed by atoms with E-state index in [0.717, 1.165) is 5.56 Å². The summed E-state index contributed by atoms with van der Waals surface area (Å²) >= 11 is 0. The molecular weight excluding hydrogens is 264 g/mol. The lowest BCUT2D eigenvalue weighted by Gasteiger charge is -2.29. The molecule has 4 nitrogen and oxygen atoms in total. The molecule has 0 spiro atoms. The molecule has 2 aromatic carbocycles. The molecule has 0 aliphatic carbocycles.